The largest absolute Gasteiger partial charge is 0.368 e. The van der Waals surface area contributed by atoms with Crippen molar-refractivity contribution < 1.29 is 9.53 Å². The topological polar surface area (TPSA) is 81.3 Å². The van der Waals surface area contributed by atoms with Gasteiger partial charge in [-0.1, -0.05) is 30.3 Å². The number of aromatic nitrogens is 2. The molecule has 6 heteroatoms. The van der Waals surface area contributed by atoms with E-state index >= 15 is 0 Å². The predicted molar refractivity (Wildman–Crippen MR) is 93.9 cm³/mol. The third kappa shape index (κ3) is 3.35. The van der Waals surface area contributed by atoms with Crippen LogP contribution in [0.15, 0.2) is 36.5 Å². The van der Waals surface area contributed by atoms with Crippen LogP contribution < -0.4 is 5.73 Å². The molecule has 0 unspecified atom stereocenters. The molecule has 2 N–H and O–H groups in total. The molecule has 6 nitrogen and oxygen atoms in total. The van der Waals surface area contributed by atoms with Gasteiger partial charge in [0.15, 0.2) is 0 Å². The van der Waals surface area contributed by atoms with Crippen LogP contribution in [0.25, 0.3) is 0 Å². The summed E-state index contributed by atoms with van der Waals surface area (Å²) in [6.45, 7) is 2.95. The average molecular weight is 338 g/mol. The van der Waals surface area contributed by atoms with Crippen LogP contribution in [0.5, 0.6) is 0 Å². The van der Waals surface area contributed by atoms with E-state index in [0.29, 0.717) is 30.3 Å². The number of hydrogen-bond donors (Lipinski definition) is 1. The fraction of sp³-hybridized carbons (Fsp3) is 0.421. The monoisotopic (exact) mass is 338 g/mol. The second-order valence-corrected chi connectivity index (χ2v) is 6.85. The van der Waals surface area contributed by atoms with Gasteiger partial charge in [0.05, 0.1) is 23.9 Å². The Morgan fingerprint density at radius 2 is 2.00 bits per heavy atom. The zero-order valence-corrected chi connectivity index (χ0v) is 14.3. The number of carbonyl (C=O) groups excluding carboxylic acids is 1. The minimum Gasteiger partial charge on any atom is -0.368 e. The van der Waals surface area contributed by atoms with E-state index in [4.69, 9.17) is 10.5 Å². The molecule has 25 heavy (non-hydrogen) atoms. The number of nitrogen functional groups attached to an aromatic ring is 1. The molecule has 2 aromatic rings. The number of aryl methyl sites for hydroxylation is 1. The number of benzene rings is 1. The second-order valence-electron chi connectivity index (χ2n) is 6.85. The van der Waals surface area contributed by atoms with Crippen LogP contribution >= 0.6 is 0 Å². The van der Waals surface area contributed by atoms with Gasteiger partial charge in [-0.25, -0.2) is 9.97 Å². The highest BCUT2D eigenvalue weighted by molar-refractivity contribution is 5.95. The first-order chi connectivity index (χ1) is 12.1. The van der Waals surface area contributed by atoms with Crippen molar-refractivity contribution in [3.8, 4) is 0 Å². The Labute approximate surface area is 147 Å². The van der Waals surface area contributed by atoms with E-state index in [1.165, 1.54) is 19.0 Å². The van der Waals surface area contributed by atoms with Gasteiger partial charge in [-0.3, -0.25) is 4.79 Å². The molecule has 4 rings (SSSR count). The first-order valence-corrected chi connectivity index (χ1v) is 8.70. The van der Waals surface area contributed by atoms with Crippen molar-refractivity contribution in [2.45, 2.75) is 32.0 Å². The van der Waals surface area contributed by atoms with Gasteiger partial charge in [0.2, 0.25) is 5.95 Å². The Morgan fingerprint density at radius 1 is 1.24 bits per heavy atom. The molecule has 0 bridgehead atoms. The first-order valence-electron chi connectivity index (χ1n) is 8.70. The maximum absolute atomic E-state index is 13.0. The van der Waals surface area contributed by atoms with Crippen molar-refractivity contribution in [2.75, 3.05) is 18.8 Å². The van der Waals surface area contributed by atoms with Gasteiger partial charge in [-0.2, -0.15) is 0 Å². The molecule has 2 aliphatic rings. The lowest BCUT2D eigenvalue weighted by Gasteiger charge is -2.38. The summed E-state index contributed by atoms with van der Waals surface area (Å²) in [7, 11) is 0. The van der Waals surface area contributed by atoms with E-state index in [9.17, 15) is 4.79 Å². The van der Waals surface area contributed by atoms with E-state index in [2.05, 4.69) is 22.1 Å². The summed E-state index contributed by atoms with van der Waals surface area (Å²) in [6.07, 6.45) is 3.88. The van der Waals surface area contributed by atoms with Gasteiger partial charge in [-0.05, 0) is 31.2 Å². The minimum absolute atomic E-state index is 0.0487. The number of rotatable bonds is 3. The van der Waals surface area contributed by atoms with E-state index in [-0.39, 0.29) is 24.1 Å². The summed E-state index contributed by atoms with van der Waals surface area (Å²) in [4.78, 5) is 23.0. The Bertz CT molecular complexity index is 776. The molecule has 2 heterocycles. The lowest BCUT2D eigenvalue weighted by molar-refractivity contribution is -0.0864. The van der Waals surface area contributed by atoms with Gasteiger partial charge in [-0.15, -0.1) is 0 Å². The molecule has 1 aromatic heterocycles. The van der Waals surface area contributed by atoms with Gasteiger partial charge < -0.3 is 15.4 Å². The molecule has 1 amide bonds. The number of morpholine rings is 1. The third-order valence-corrected chi connectivity index (χ3v) is 4.96. The Balaban J connectivity index is 1.60. The third-order valence-electron chi connectivity index (χ3n) is 4.96. The molecule has 0 radical (unpaired) electrons. The summed E-state index contributed by atoms with van der Waals surface area (Å²) < 4.78 is 6.32. The van der Waals surface area contributed by atoms with Crippen LogP contribution in [0, 0.1) is 12.8 Å². The number of amides is 1. The zero-order valence-electron chi connectivity index (χ0n) is 14.3. The van der Waals surface area contributed by atoms with Crippen LogP contribution in [0.3, 0.4) is 0 Å². The van der Waals surface area contributed by atoms with Gasteiger partial charge in [0.25, 0.3) is 5.91 Å². The maximum atomic E-state index is 13.0. The molecule has 130 valence electrons. The smallest absolute Gasteiger partial charge is 0.257 e. The SMILES string of the molecule is Cc1nc(N)ncc1C(=O)N1C[C@@H](c2ccccc2)O[C@@H](C2CC2)C1. The van der Waals surface area contributed by atoms with E-state index in [1.807, 2.05) is 23.1 Å². The molecule has 1 saturated carbocycles. The number of nitrogens with zero attached hydrogens (tertiary/aromatic N) is 3. The van der Waals surface area contributed by atoms with Gasteiger partial charge in [0, 0.05) is 12.7 Å². The summed E-state index contributed by atoms with van der Waals surface area (Å²) in [5, 5.41) is 0. The Hall–Kier alpha value is -2.47. The molecule has 2 atom stereocenters. The molecular formula is C19H22N4O2. The lowest BCUT2D eigenvalue weighted by atomic mass is 10.0. The van der Waals surface area contributed by atoms with Gasteiger partial charge >= 0.3 is 0 Å². The van der Waals surface area contributed by atoms with E-state index in [0.717, 1.165) is 5.56 Å². The predicted octanol–water partition coefficient (Wildman–Crippen LogP) is 2.36. The molecule has 1 aromatic carbocycles. The Kier molecular flexibility index (Phi) is 4.13. The van der Waals surface area contributed by atoms with Crippen molar-refractivity contribution in [1.29, 1.82) is 0 Å². The average Bonchev–Trinajstić information content (AvgIpc) is 3.47. The highest BCUT2D eigenvalue weighted by Crippen LogP contribution is 2.39. The van der Waals surface area contributed by atoms with Crippen molar-refractivity contribution in [3.05, 3.63) is 53.3 Å². The summed E-state index contributed by atoms with van der Waals surface area (Å²) in [5.41, 5.74) is 7.84. The van der Waals surface area contributed by atoms with Crippen LogP contribution in [-0.4, -0.2) is 40.0 Å². The summed E-state index contributed by atoms with van der Waals surface area (Å²) >= 11 is 0. The highest BCUT2D eigenvalue weighted by Gasteiger charge is 2.40. The maximum Gasteiger partial charge on any atom is 0.257 e. The minimum atomic E-state index is -0.0977. The summed E-state index contributed by atoms with van der Waals surface area (Å²) in [5.74, 6) is 0.701. The standard InChI is InChI=1S/C19H22N4O2/c1-12-15(9-21-19(20)22-12)18(24)23-10-16(13-5-3-2-4-6-13)25-17(11-23)14-7-8-14/h2-6,9,14,16-17H,7-8,10-11H2,1H3,(H2,20,21,22)/t16-,17+/m0/s1. The van der Waals surface area contributed by atoms with Crippen LogP contribution in [0.2, 0.25) is 0 Å². The molecule has 1 aliphatic carbocycles. The van der Waals surface area contributed by atoms with Crippen molar-refractivity contribution in [1.82, 2.24) is 14.9 Å². The first kappa shape index (κ1) is 16.0. The lowest BCUT2D eigenvalue weighted by Crippen LogP contribution is -2.48. The van der Waals surface area contributed by atoms with Crippen LogP contribution in [0.1, 0.15) is 40.6 Å². The van der Waals surface area contributed by atoms with E-state index in [1.54, 1.807) is 6.92 Å². The molecule has 1 aliphatic heterocycles. The number of hydrogen-bond acceptors (Lipinski definition) is 5. The highest BCUT2D eigenvalue weighted by atomic mass is 16.5. The Morgan fingerprint density at radius 3 is 2.68 bits per heavy atom. The van der Waals surface area contributed by atoms with Crippen molar-refractivity contribution in [2.24, 2.45) is 5.92 Å². The summed E-state index contributed by atoms with van der Waals surface area (Å²) in [6, 6.07) is 10.1. The number of carbonyl (C=O) groups is 1. The number of ether oxygens (including phenoxy) is 1. The van der Waals surface area contributed by atoms with Crippen LogP contribution in [-0.2, 0) is 4.74 Å². The molecular weight excluding hydrogens is 316 g/mol. The molecule has 0 spiro atoms. The molecule has 1 saturated heterocycles. The quantitative estimate of drug-likeness (QED) is 0.929. The molecule has 2 fully saturated rings. The second kappa shape index (κ2) is 6.44. The normalized spacial score (nSPS) is 23.5. The van der Waals surface area contributed by atoms with E-state index < -0.39 is 0 Å². The van der Waals surface area contributed by atoms with Crippen molar-refractivity contribution >= 4 is 11.9 Å². The number of anilines is 1. The van der Waals surface area contributed by atoms with Gasteiger partial charge in [0.1, 0.15) is 6.10 Å². The number of nitrogens with two attached hydrogens (primary N) is 1. The zero-order chi connectivity index (χ0) is 17.4. The van der Waals surface area contributed by atoms with Crippen LogP contribution in [0.4, 0.5) is 5.95 Å². The fourth-order valence-electron chi connectivity index (χ4n) is 3.40. The van der Waals surface area contributed by atoms with Crippen molar-refractivity contribution in [3.63, 3.8) is 0 Å². The fourth-order valence-corrected chi connectivity index (χ4v) is 3.40.